The molecule has 2 aromatic carbocycles. The van der Waals surface area contributed by atoms with Gasteiger partial charge in [0.05, 0.1) is 41.5 Å². The molecule has 0 spiro atoms. The third kappa shape index (κ3) is 4.61. The van der Waals surface area contributed by atoms with E-state index in [0.29, 0.717) is 19.0 Å². The highest BCUT2D eigenvalue weighted by atomic mass is 16.5. The van der Waals surface area contributed by atoms with Gasteiger partial charge in [-0.05, 0) is 62.5 Å². The van der Waals surface area contributed by atoms with Gasteiger partial charge in [-0.25, -0.2) is 9.97 Å². The number of anilines is 2. The van der Waals surface area contributed by atoms with E-state index in [1.54, 1.807) is 12.5 Å². The summed E-state index contributed by atoms with van der Waals surface area (Å²) in [4.78, 5) is 13.3. The molecule has 2 N–H and O–H groups in total. The lowest BCUT2D eigenvalue weighted by atomic mass is 10.2. The largest absolute Gasteiger partial charge is 0.493 e. The second kappa shape index (κ2) is 9.62. The van der Waals surface area contributed by atoms with Gasteiger partial charge >= 0.3 is 0 Å². The van der Waals surface area contributed by atoms with Crippen molar-refractivity contribution >= 4 is 33.3 Å². The van der Waals surface area contributed by atoms with E-state index in [-0.39, 0.29) is 0 Å². The quantitative estimate of drug-likeness (QED) is 0.333. The summed E-state index contributed by atoms with van der Waals surface area (Å²) >= 11 is 0. The molecule has 0 radical (unpaired) electrons. The number of ether oxygens (including phenoxy) is 1. The van der Waals surface area contributed by atoms with Crippen LogP contribution >= 0.6 is 0 Å². The highest BCUT2D eigenvalue weighted by Crippen LogP contribution is 2.32. The molecule has 3 aromatic heterocycles. The first-order valence-electron chi connectivity index (χ1n) is 11.0. The van der Waals surface area contributed by atoms with Crippen molar-refractivity contribution in [3.05, 3.63) is 79.0 Å². The molecule has 8 nitrogen and oxygen atoms in total. The maximum atomic E-state index is 6.05. The SMILES string of the molecule is CNCCCOc1cccc2ncnc(Nc3ccc4c(cnn4Cc4ccccn4)c3)c12. The van der Waals surface area contributed by atoms with Gasteiger partial charge in [0.25, 0.3) is 0 Å². The molecule has 0 unspecified atom stereocenters. The van der Waals surface area contributed by atoms with Gasteiger partial charge in [0.1, 0.15) is 17.9 Å². The Kier molecular flexibility index (Phi) is 6.08. The molecule has 8 heteroatoms. The number of hydrogen-bond donors (Lipinski definition) is 2. The number of aromatic nitrogens is 5. The predicted molar refractivity (Wildman–Crippen MR) is 130 cm³/mol. The Morgan fingerprint density at radius 1 is 1.00 bits per heavy atom. The average Bonchev–Trinajstić information content (AvgIpc) is 3.24. The number of benzene rings is 2. The van der Waals surface area contributed by atoms with Gasteiger partial charge in [-0.15, -0.1) is 0 Å². The van der Waals surface area contributed by atoms with Crippen molar-refractivity contribution in [2.75, 3.05) is 25.5 Å². The lowest BCUT2D eigenvalue weighted by molar-refractivity contribution is 0.313. The zero-order valence-electron chi connectivity index (χ0n) is 18.4. The van der Waals surface area contributed by atoms with Crippen LogP contribution in [0.25, 0.3) is 21.8 Å². The van der Waals surface area contributed by atoms with Crippen LogP contribution in [0.1, 0.15) is 12.1 Å². The lowest BCUT2D eigenvalue weighted by Gasteiger charge is -2.13. The molecule has 0 fully saturated rings. The van der Waals surface area contributed by atoms with Crippen LogP contribution < -0.4 is 15.4 Å². The molecule has 3 heterocycles. The zero-order valence-corrected chi connectivity index (χ0v) is 18.4. The van der Waals surface area contributed by atoms with E-state index in [0.717, 1.165) is 51.9 Å². The van der Waals surface area contributed by atoms with Crippen molar-refractivity contribution in [1.29, 1.82) is 0 Å². The average molecular weight is 440 g/mol. The molecule has 5 aromatic rings. The number of nitrogens with zero attached hydrogens (tertiary/aromatic N) is 5. The van der Waals surface area contributed by atoms with Crippen LogP contribution in [0.3, 0.4) is 0 Å². The van der Waals surface area contributed by atoms with E-state index in [9.17, 15) is 0 Å². The van der Waals surface area contributed by atoms with Crippen LogP contribution in [-0.4, -0.2) is 44.9 Å². The first kappa shape index (κ1) is 20.8. The predicted octanol–water partition coefficient (Wildman–Crippen LogP) is 4.15. The highest BCUT2D eigenvalue weighted by Gasteiger charge is 2.12. The lowest BCUT2D eigenvalue weighted by Crippen LogP contribution is -2.11. The van der Waals surface area contributed by atoms with Crippen LogP contribution in [0.15, 0.2) is 73.3 Å². The molecule has 0 saturated heterocycles. The number of nitrogens with one attached hydrogen (secondary N) is 2. The molecule has 0 bridgehead atoms. The molecule has 0 aliphatic rings. The summed E-state index contributed by atoms with van der Waals surface area (Å²) in [6, 6.07) is 17.9. The zero-order chi connectivity index (χ0) is 22.5. The van der Waals surface area contributed by atoms with Gasteiger partial charge in [-0.1, -0.05) is 12.1 Å². The molecule has 0 saturated carbocycles. The summed E-state index contributed by atoms with van der Waals surface area (Å²) in [5.41, 5.74) is 3.78. The Morgan fingerprint density at radius 2 is 1.97 bits per heavy atom. The minimum Gasteiger partial charge on any atom is -0.493 e. The maximum Gasteiger partial charge on any atom is 0.145 e. The summed E-state index contributed by atoms with van der Waals surface area (Å²) < 4.78 is 8.01. The van der Waals surface area contributed by atoms with E-state index < -0.39 is 0 Å². The molecule has 5 rings (SSSR count). The number of hydrogen-bond acceptors (Lipinski definition) is 7. The summed E-state index contributed by atoms with van der Waals surface area (Å²) in [7, 11) is 1.94. The van der Waals surface area contributed by atoms with Crippen molar-refractivity contribution in [3.8, 4) is 5.75 Å². The van der Waals surface area contributed by atoms with Crippen molar-refractivity contribution in [2.45, 2.75) is 13.0 Å². The van der Waals surface area contributed by atoms with Crippen molar-refractivity contribution in [1.82, 2.24) is 30.0 Å². The maximum absolute atomic E-state index is 6.05. The Bertz CT molecular complexity index is 1360. The monoisotopic (exact) mass is 439 g/mol. The second-order valence-electron chi connectivity index (χ2n) is 7.70. The normalized spacial score (nSPS) is 11.2. The first-order valence-corrected chi connectivity index (χ1v) is 11.0. The molecule has 0 amide bonds. The van der Waals surface area contributed by atoms with Crippen LogP contribution in [-0.2, 0) is 6.54 Å². The van der Waals surface area contributed by atoms with Crippen LogP contribution in [0.4, 0.5) is 11.5 Å². The minimum atomic E-state index is 0.621. The Hall–Kier alpha value is -4.04. The van der Waals surface area contributed by atoms with Gasteiger partial charge in [-0.2, -0.15) is 5.10 Å². The fourth-order valence-corrected chi connectivity index (χ4v) is 3.80. The van der Waals surface area contributed by atoms with Gasteiger partial charge < -0.3 is 15.4 Å². The molecular weight excluding hydrogens is 414 g/mol. The summed E-state index contributed by atoms with van der Waals surface area (Å²) in [6.07, 6.45) is 6.16. The molecule has 166 valence electrons. The van der Waals surface area contributed by atoms with Crippen LogP contribution in [0.5, 0.6) is 5.75 Å². The number of fused-ring (bicyclic) bond motifs is 2. The van der Waals surface area contributed by atoms with E-state index in [1.165, 1.54) is 0 Å². The smallest absolute Gasteiger partial charge is 0.145 e. The minimum absolute atomic E-state index is 0.621. The topological polar surface area (TPSA) is 89.8 Å². The molecule has 0 aliphatic heterocycles. The van der Waals surface area contributed by atoms with E-state index in [4.69, 9.17) is 4.74 Å². The summed E-state index contributed by atoms with van der Waals surface area (Å²) in [5.74, 6) is 1.49. The first-order chi connectivity index (χ1) is 16.3. The number of rotatable bonds is 9. The van der Waals surface area contributed by atoms with E-state index >= 15 is 0 Å². The summed E-state index contributed by atoms with van der Waals surface area (Å²) in [6.45, 7) is 2.15. The van der Waals surface area contributed by atoms with E-state index in [2.05, 4.69) is 42.8 Å². The molecule has 0 atom stereocenters. The van der Waals surface area contributed by atoms with Gasteiger partial charge in [0.15, 0.2) is 0 Å². The van der Waals surface area contributed by atoms with Crippen molar-refractivity contribution in [2.24, 2.45) is 0 Å². The van der Waals surface area contributed by atoms with Gasteiger partial charge in [-0.3, -0.25) is 9.67 Å². The van der Waals surface area contributed by atoms with Crippen LogP contribution in [0.2, 0.25) is 0 Å². The van der Waals surface area contributed by atoms with E-state index in [1.807, 2.05) is 60.4 Å². The molecular formula is C25H25N7O. The van der Waals surface area contributed by atoms with Crippen molar-refractivity contribution < 1.29 is 4.74 Å². The summed E-state index contributed by atoms with van der Waals surface area (Å²) in [5, 5.41) is 13.0. The van der Waals surface area contributed by atoms with Crippen molar-refractivity contribution in [3.63, 3.8) is 0 Å². The van der Waals surface area contributed by atoms with Gasteiger partial charge in [0, 0.05) is 17.3 Å². The third-order valence-electron chi connectivity index (χ3n) is 5.40. The fraction of sp³-hybridized carbons (Fsp3) is 0.200. The molecule has 0 aliphatic carbocycles. The standard InChI is InChI=1S/C25H25N7O/c1-26-11-5-13-33-23-8-4-7-21-24(23)25(29-17-28-21)31-19-9-10-22-18(14-19)15-30-32(22)16-20-6-2-3-12-27-20/h2-4,6-10,12,14-15,17,26H,5,11,13,16H2,1H3,(H,28,29,31). The van der Waals surface area contributed by atoms with Crippen LogP contribution in [0, 0.1) is 0 Å². The van der Waals surface area contributed by atoms with Gasteiger partial charge in [0.2, 0.25) is 0 Å². The molecule has 33 heavy (non-hydrogen) atoms. The highest BCUT2D eigenvalue weighted by molar-refractivity contribution is 5.96. The Morgan fingerprint density at radius 3 is 2.85 bits per heavy atom. The number of pyridine rings is 1. The third-order valence-corrected chi connectivity index (χ3v) is 5.40. The Balaban J connectivity index is 1.41. The second-order valence-corrected chi connectivity index (χ2v) is 7.70. The fourth-order valence-electron chi connectivity index (χ4n) is 3.80. The Labute approximate surface area is 191 Å².